The molecule has 0 fully saturated rings. The Labute approximate surface area is 117 Å². The van der Waals surface area contributed by atoms with Crippen LogP contribution in [0, 0.1) is 12.3 Å². The maximum absolute atomic E-state index is 8.67. The van der Waals surface area contributed by atoms with Gasteiger partial charge in [0.05, 0.1) is 0 Å². The maximum atomic E-state index is 8.67. The van der Waals surface area contributed by atoms with Gasteiger partial charge in [-0.3, -0.25) is 0 Å². The zero-order chi connectivity index (χ0) is 14.4. The van der Waals surface area contributed by atoms with Gasteiger partial charge in [0.15, 0.2) is 5.84 Å². The molecule has 0 aliphatic carbocycles. The largest absolute Gasteiger partial charge is 0.409 e. The molecule has 0 spiro atoms. The summed E-state index contributed by atoms with van der Waals surface area (Å²) in [4.78, 5) is 0. The molecule has 20 heavy (non-hydrogen) atoms. The Hall–Kier alpha value is -2.93. The molecule has 0 unspecified atom stereocenters. The number of terminal acetylenes is 1. The van der Waals surface area contributed by atoms with Crippen molar-refractivity contribution in [3.8, 4) is 12.3 Å². The van der Waals surface area contributed by atoms with E-state index in [2.05, 4.69) is 16.4 Å². The van der Waals surface area contributed by atoms with E-state index in [1.54, 1.807) is 6.07 Å². The Morgan fingerprint density at radius 3 is 2.80 bits per heavy atom. The summed E-state index contributed by atoms with van der Waals surface area (Å²) in [6.45, 7) is 0.626. The van der Waals surface area contributed by atoms with Gasteiger partial charge in [0.25, 0.3) is 0 Å². The molecule has 100 valence electrons. The molecule has 2 aromatic carbocycles. The number of anilines is 1. The summed E-state index contributed by atoms with van der Waals surface area (Å²) in [5.74, 6) is 2.70. The minimum absolute atomic E-state index is 0.0983. The second kappa shape index (κ2) is 6.30. The molecule has 0 atom stereocenters. The molecule has 0 aromatic heterocycles. The number of nitrogens with one attached hydrogen (secondary N) is 1. The first kappa shape index (κ1) is 13.5. The molecule has 4 nitrogen and oxygen atoms in total. The quantitative estimate of drug-likeness (QED) is 0.261. The second-order valence-corrected chi connectivity index (χ2v) is 4.26. The molecular weight excluding hydrogens is 250 g/mol. The minimum atomic E-state index is 0.0983. The fourth-order valence-corrected chi connectivity index (χ4v) is 1.82. The molecule has 2 rings (SSSR count). The molecule has 0 amide bonds. The molecule has 4 heteroatoms. The zero-order valence-corrected chi connectivity index (χ0v) is 10.9. The lowest BCUT2D eigenvalue weighted by molar-refractivity contribution is 0.318. The Balaban J connectivity index is 2.09. The Kier molecular flexibility index (Phi) is 4.25. The number of amidine groups is 1. The first-order valence-corrected chi connectivity index (χ1v) is 6.10. The summed E-state index contributed by atoms with van der Waals surface area (Å²) in [6, 6.07) is 15.1. The van der Waals surface area contributed by atoms with E-state index >= 15 is 0 Å². The van der Waals surface area contributed by atoms with Crippen LogP contribution in [0.3, 0.4) is 0 Å². The van der Waals surface area contributed by atoms with Crippen molar-refractivity contribution in [3.05, 3.63) is 65.2 Å². The SMILES string of the molecule is C#Cc1cccc(NCc2cccc(C(N)=NO)c2)c1. The molecule has 0 radical (unpaired) electrons. The van der Waals surface area contributed by atoms with E-state index in [-0.39, 0.29) is 5.84 Å². The average Bonchev–Trinajstić information content (AvgIpc) is 2.52. The van der Waals surface area contributed by atoms with Gasteiger partial charge >= 0.3 is 0 Å². The van der Waals surface area contributed by atoms with Crippen LogP contribution in [-0.2, 0) is 6.54 Å². The smallest absolute Gasteiger partial charge is 0.170 e. The van der Waals surface area contributed by atoms with Gasteiger partial charge in [-0.2, -0.15) is 0 Å². The predicted molar refractivity (Wildman–Crippen MR) is 80.7 cm³/mol. The van der Waals surface area contributed by atoms with Crippen LogP contribution in [0.2, 0.25) is 0 Å². The van der Waals surface area contributed by atoms with E-state index in [1.165, 1.54) is 0 Å². The Morgan fingerprint density at radius 1 is 1.25 bits per heavy atom. The van der Waals surface area contributed by atoms with E-state index < -0.39 is 0 Å². The van der Waals surface area contributed by atoms with Crippen LogP contribution < -0.4 is 11.1 Å². The van der Waals surface area contributed by atoms with Crippen molar-refractivity contribution in [1.82, 2.24) is 0 Å². The zero-order valence-electron chi connectivity index (χ0n) is 10.9. The van der Waals surface area contributed by atoms with Gasteiger partial charge in [-0.05, 0) is 29.8 Å². The molecule has 0 saturated heterocycles. The summed E-state index contributed by atoms with van der Waals surface area (Å²) in [6.07, 6.45) is 5.37. The number of rotatable bonds is 4. The summed E-state index contributed by atoms with van der Waals surface area (Å²) in [5.41, 5.74) is 9.07. The van der Waals surface area contributed by atoms with Crippen LogP contribution in [0.4, 0.5) is 5.69 Å². The number of oxime groups is 1. The number of hydrogen-bond acceptors (Lipinski definition) is 3. The highest BCUT2D eigenvalue weighted by atomic mass is 16.4. The van der Waals surface area contributed by atoms with Gasteiger partial charge < -0.3 is 16.3 Å². The highest BCUT2D eigenvalue weighted by Crippen LogP contribution is 2.12. The van der Waals surface area contributed by atoms with E-state index in [4.69, 9.17) is 17.4 Å². The highest BCUT2D eigenvalue weighted by molar-refractivity contribution is 5.97. The number of hydrogen-bond donors (Lipinski definition) is 3. The van der Waals surface area contributed by atoms with E-state index in [9.17, 15) is 0 Å². The third-order valence-corrected chi connectivity index (χ3v) is 2.86. The van der Waals surface area contributed by atoms with Gasteiger partial charge in [-0.1, -0.05) is 35.3 Å². The van der Waals surface area contributed by atoms with Crippen LogP contribution >= 0.6 is 0 Å². The van der Waals surface area contributed by atoms with Crippen molar-refractivity contribution in [1.29, 1.82) is 0 Å². The van der Waals surface area contributed by atoms with Gasteiger partial charge in [0, 0.05) is 23.4 Å². The van der Waals surface area contributed by atoms with E-state index in [0.29, 0.717) is 12.1 Å². The summed E-state index contributed by atoms with van der Waals surface area (Å²) in [7, 11) is 0. The first-order valence-electron chi connectivity index (χ1n) is 6.10. The lowest BCUT2D eigenvalue weighted by atomic mass is 10.1. The van der Waals surface area contributed by atoms with Gasteiger partial charge in [-0.15, -0.1) is 6.42 Å². The summed E-state index contributed by atoms with van der Waals surface area (Å²) in [5, 5.41) is 14.9. The average molecular weight is 265 g/mol. The normalized spacial score (nSPS) is 10.8. The van der Waals surface area contributed by atoms with Crippen LogP contribution in [0.15, 0.2) is 53.7 Å². The molecule has 2 aromatic rings. The third-order valence-electron chi connectivity index (χ3n) is 2.86. The number of nitrogens with zero attached hydrogens (tertiary/aromatic N) is 1. The summed E-state index contributed by atoms with van der Waals surface area (Å²) < 4.78 is 0. The van der Waals surface area contributed by atoms with Crippen molar-refractivity contribution in [2.24, 2.45) is 10.9 Å². The standard InChI is InChI=1S/C16H15N3O/c1-2-12-5-4-8-15(10-12)18-11-13-6-3-7-14(9-13)16(17)19-20/h1,3-10,18,20H,11H2,(H2,17,19). The van der Waals surface area contributed by atoms with Crippen molar-refractivity contribution < 1.29 is 5.21 Å². The van der Waals surface area contributed by atoms with Gasteiger partial charge in [0.1, 0.15) is 0 Å². The molecule has 0 aliphatic rings. The van der Waals surface area contributed by atoms with Crippen molar-refractivity contribution >= 4 is 11.5 Å². The lowest BCUT2D eigenvalue weighted by Gasteiger charge is -2.08. The summed E-state index contributed by atoms with van der Waals surface area (Å²) >= 11 is 0. The van der Waals surface area contributed by atoms with Crippen LogP contribution in [-0.4, -0.2) is 11.0 Å². The van der Waals surface area contributed by atoms with Crippen LogP contribution in [0.1, 0.15) is 16.7 Å². The highest BCUT2D eigenvalue weighted by Gasteiger charge is 2.01. The predicted octanol–water partition coefficient (Wildman–Crippen LogP) is 2.37. The second-order valence-electron chi connectivity index (χ2n) is 4.26. The van der Waals surface area contributed by atoms with Crippen molar-refractivity contribution in [3.63, 3.8) is 0 Å². The Morgan fingerprint density at radius 2 is 2.05 bits per heavy atom. The monoisotopic (exact) mass is 265 g/mol. The van der Waals surface area contributed by atoms with Crippen LogP contribution in [0.25, 0.3) is 0 Å². The molecule has 0 bridgehead atoms. The maximum Gasteiger partial charge on any atom is 0.170 e. The Bertz CT molecular complexity index is 671. The van der Waals surface area contributed by atoms with Crippen LogP contribution in [0.5, 0.6) is 0 Å². The van der Waals surface area contributed by atoms with Crippen molar-refractivity contribution in [2.45, 2.75) is 6.54 Å². The third kappa shape index (κ3) is 3.30. The molecule has 0 aliphatic heterocycles. The van der Waals surface area contributed by atoms with E-state index in [0.717, 1.165) is 16.8 Å². The molecular formula is C16H15N3O. The molecule has 0 saturated carbocycles. The number of benzene rings is 2. The molecule has 4 N–H and O–H groups in total. The lowest BCUT2D eigenvalue weighted by Crippen LogP contribution is -2.13. The van der Waals surface area contributed by atoms with Gasteiger partial charge in [0.2, 0.25) is 0 Å². The fourth-order valence-electron chi connectivity index (χ4n) is 1.82. The first-order chi connectivity index (χ1) is 9.72. The molecule has 0 heterocycles. The van der Waals surface area contributed by atoms with E-state index in [1.807, 2.05) is 42.5 Å². The topological polar surface area (TPSA) is 70.6 Å². The number of nitrogens with two attached hydrogens (primary N) is 1. The minimum Gasteiger partial charge on any atom is -0.409 e. The van der Waals surface area contributed by atoms with Crippen molar-refractivity contribution in [2.75, 3.05) is 5.32 Å². The van der Waals surface area contributed by atoms with Gasteiger partial charge in [-0.25, -0.2) is 0 Å². The fraction of sp³-hybridized carbons (Fsp3) is 0.0625.